The van der Waals surface area contributed by atoms with Crippen molar-refractivity contribution in [2.75, 3.05) is 11.5 Å². The first-order valence-corrected chi connectivity index (χ1v) is 12.3. The largest absolute Gasteiger partial charge is 0.494 e. The zero-order valence-corrected chi connectivity index (χ0v) is 20.3. The lowest BCUT2D eigenvalue weighted by atomic mass is 10.1. The third kappa shape index (κ3) is 5.42. The van der Waals surface area contributed by atoms with E-state index in [-0.39, 0.29) is 5.91 Å². The maximum Gasteiger partial charge on any atom is 0.260 e. The van der Waals surface area contributed by atoms with Crippen LogP contribution in [0.2, 0.25) is 0 Å². The summed E-state index contributed by atoms with van der Waals surface area (Å²) >= 11 is 1.56. The van der Waals surface area contributed by atoms with Gasteiger partial charge in [-0.15, -0.1) is 0 Å². The van der Waals surface area contributed by atoms with Crippen molar-refractivity contribution >= 4 is 32.6 Å². The predicted octanol–water partition coefficient (Wildman–Crippen LogP) is 7.33. The summed E-state index contributed by atoms with van der Waals surface area (Å²) < 4.78 is 6.99. The van der Waals surface area contributed by atoms with Crippen LogP contribution < -0.4 is 9.64 Å². The molecule has 0 unspecified atom stereocenters. The second-order valence-corrected chi connectivity index (χ2v) is 9.32. The van der Waals surface area contributed by atoms with Crippen LogP contribution in [0.3, 0.4) is 0 Å². The van der Waals surface area contributed by atoms with Gasteiger partial charge in [0, 0.05) is 5.56 Å². The number of aryl methyl sites for hydroxylation is 2. The molecule has 0 spiro atoms. The van der Waals surface area contributed by atoms with E-state index in [1.807, 2.05) is 54.6 Å². The van der Waals surface area contributed by atoms with E-state index in [0.29, 0.717) is 23.8 Å². The van der Waals surface area contributed by atoms with E-state index in [9.17, 15) is 4.79 Å². The second-order valence-electron chi connectivity index (χ2n) is 8.31. The summed E-state index contributed by atoms with van der Waals surface area (Å²) in [6, 6.07) is 21.7. The number of rotatable bonds is 9. The number of unbranched alkanes of at least 4 members (excludes halogenated alkanes) is 2. The van der Waals surface area contributed by atoms with Gasteiger partial charge in [-0.1, -0.05) is 73.6 Å². The Hall–Kier alpha value is -3.18. The van der Waals surface area contributed by atoms with Crippen LogP contribution in [0.5, 0.6) is 5.75 Å². The Labute approximate surface area is 199 Å². The molecule has 1 amide bonds. The number of hydrogen-bond donors (Lipinski definition) is 0. The van der Waals surface area contributed by atoms with Crippen molar-refractivity contribution in [2.24, 2.45) is 0 Å². The van der Waals surface area contributed by atoms with E-state index in [0.717, 1.165) is 46.4 Å². The van der Waals surface area contributed by atoms with Gasteiger partial charge < -0.3 is 4.74 Å². The number of benzene rings is 3. The minimum atomic E-state index is -0.0775. The van der Waals surface area contributed by atoms with Gasteiger partial charge in [-0.2, -0.15) is 0 Å². The molecule has 4 aromatic rings. The normalized spacial score (nSPS) is 11.0. The number of fused-ring (bicyclic) bond motifs is 1. The van der Waals surface area contributed by atoms with Crippen LogP contribution in [-0.2, 0) is 6.54 Å². The molecule has 0 saturated carbocycles. The van der Waals surface area contributed by atoms with Crippen molar-refractivity contribution in [1.29, 1.82) is 0 Å². The number of thiazole rings is 1. The highest BCUT2D eigenvalue weighted by molar-refractivity contribution is 7.22. The molecule has 170 valence electrons. The van der Waals surface area contributed by atoms with Crippen molar-refractivity contribution in [3.63, 3.8) is 0 Å². The first-order chi connectivity index (χ1) is 16.1. The average Bonchev–Trinajstić information content (AvgIpc) is 3.28. The molecule has 3 aromatic carbocycles. The van der Waals surface area contributed by atoms with Gasteiger partial charge >= 0.3 is 0 Å². The molecule has 0 aliphatic carbocycles. The minimum absolute atomic E-state index is 0.0775. The third-order valence-corrected chi connectivity index (χ3v) is 6.87. The predicted molar refractivity (Wildman–Crippen MR) is 138 cm³/mol. The highest BCUT2D eigenvalue weighted by Crippen LogP contribution is 2.33. The molecule has 0 bridgehead atoms. The Morgan fingerprint density at radius 1 is 1.00 bits per heavy atom. The smallest absolute Gasteiger partial charge is 0.260 e. The monoisotopic (exact) mass is 458 g/mol. The summed E-state index contributed by atoms with van der Waals surface area (Å²) in [6.07, 6.45) is 3.30. The van der Waals surface area contributed by atoms with Crippen LogP contribution in [0.1, 0.15) is 53.2 Å². The summed E-state index contributed by atoms with van der Waals surface area (Å²) in [5.74, 6) is 0.652. The van der Waals surface area contributed by atoms with Crippen molar-refractivity contribution < 1.29 is 9.53 Å². The van der Waals surface area contributed by atoms with E-state index in [4.69, 9.17) is 9.72 Å². The lowest BCUT2D eigenvalue weighted by molar-refractivity contribution is 0.0984. The van der Waals surface area contributed by atoms with Gasteiger partial charge in [-0.05, 0) is 61.2 Å². The van der Waals surface area contributed by atoms with Gasteiger partial charge in [0.25, 0.3) is 5.91 Å². The Kier molecular flexibility index (Phi) is 7.40. The molecule has 0 aliphatic rings. The van der Waals surface area contributed by atoms with Crippen molar-refractivity contribution in [2.45, 2.75) is 46.6 Å². The van der Waals surface area contributed by atoms with Gasteiger partial charge in [0.1, 0.15) is 5.75 Å². The number of aromatic nitrogens is 1. The van der Waals surface area contributed by atoms with E-state index >= 15 is 0 Å². The molecule has 0 aliphatic heterocycles. The molecular formula is C28H30N2O2S. The molecule has 4 nitrogen and oxygen atoms in total. The number of ether oxygens (including phenoxy) is 1. The second kappa shape index (κ2) is 10.6. The number of carbonyl (C=O) groups excluding carboxylic acids is 1. The van der Waals surface area contributed by atoms with E-state index in [2.05, 4.69) is 32.9 Å². The number of carbonyl (C=O) groups is 1. The average molecular weight is 459 g/mol. The highest BCUT2D eigenvalue weighted by atomic mass is 32.1. The first-order valence-electron chi connectivity index (χ1n) is 11.5. The standard InChI is InChI=1S/C28H30N2O2S/c1-4-5-9-17-32-24-14-10-13-23(18-24)27(31)30(19-22-11-7-6-8-12-22)28-29-26-21(3)20(2)15-16-25(26)33-28/h6-8,10-16,18H,4-5,9,17,19H2,1-3H3. The minimum Gasteiger partial charge on any atom is -0.494 e. The molecule has 0 saturated heterocycles. The summed E-state index contributed by atoms with van der Waals surface area (Å²) in [7, 11) is 0. The summed E-state index contributed by atoms with van der Waals surface area (Å²) in [6.45, 7) is 7.47. The van der Waals surface area contributed by atoms with Gasteiger partial charge in [-0.25, -0.2) is 4.98 Å². The maximum absolute atomic E-state index is 13.7. The molecule has 0 N–H and O–H groups in total. The molecule has 4 rings (SSSR count). The number of amides is 1. The first kappa shape index (κ1) is 23.0. The van der Waals surface area contributed by atoms with Crippen LogP contribution in [0.4, 0.5) is 5.13 Å². The number of nitrogens with zero attached hydrogens (tertiary/aromatic N) is 2. The van der Waals surface area contributed by atoms with Crippen LogP contribution in [0, 0.1) is 13.8 Å². The SMILES string of the molecule is CCCCCOc1cccc(C(=O)N(Cc2ccccc2)c2nc3c(C)c(C)ccc3s2)c1. The van der Waals surface area contributed by atoms with Crippen LogP contribution in [0.15, 0.2) is 66.7 Å². The Morgan fingerprint density at radius 2 is 1.82 bits per heavy atom. The number of hydrogen-bond acceptors (Lipinski definition) is 4. The van der Waals surface area contributed by atoms with Gasteiger partial charge in [0.15, 0.2) is 5.13 Å². The van der Waals surface area contributed by atoms with Gasteiger partial charge in [0.05, 0.1) is 23.4 Å². The summed E-state index contributed by atoms with van der Waals surface area (Å²) in [5.41, 5.74) is 4.99. The van der Waals surface area contributed by atoms with Crippen LogP contribution in [0.25, 0.3) is 10.2 Å². The van der Waals surface area contributed by atoms with Crippen molar-refractivity contribution in [3.05, 3.63) is 89.0 Å². The highest BCUT2D eigenvalue weighted by Gasteiger charge is 2.23. The molecule has 0 fully saturated rings. The molecule has 1 aromatic heterocycles. The molecule has 33 heavy (non-hydrogen) atoms. The van der Waals surface area contributed by atoms with Gasteiger partial charge in [0.2, 0.25) is 0 Å². The fourth-order valence-corrected chi connectivity index (χ4v) is 4.76. The van der Waals surface area contributed by atoms with E-state index < -0.39 is 0 Å². The zero-order valence-electron chi connectivity index (χ0n) is 19.5. The summed E-state index contributed by atoms with van der Waals surface area (Å²) in [4.78, 5) is 20.4. The lowest BCUT2D eigenvalue weighted by Gasteiger charge is -2.20. The topological polar surface area (TPSA) is 42.4 Å². The molecule has 5 heteroatoms. The van der Waals surface area contributed by atoms with Crippen molar-refractivity contribution in [3.8, 4) is 5.75 Å². The fraction of sp³-hybridized carbons (Fsp3) is 0.286. The van der Waals surface area contributed by atoms with E-state index in [1.54, 1.807) is 16.2 Å². The Balaban J connectivity index is 1.67. The van der Waals surface area contributed by atoms with E-state index in [1.165, 1.54) is 5.56 Å². The van der Waals surface area contributed by atoms with Crippen molar-refractivity contribution in [1.82, 2.24) is 4.98 Å². The maximum atomic E-state index is 13.7. The molecular weight excluding hydrogens is 428 g/mol. The Morgan fingerprint density at radius 3 is 2.61 bits per heavy atom. The molecule has 1 heterocycles. The van der Waals surface area contributed by atoms with Crippen LogP contribution >= 0.6 is 11.3 Å². The Bertz CT molecular complexity index is 1230. The molecule has 0 atom stereocenters. The lowest BCUT2D eigenvalue weighted by Crippen LogP contribution is -2.30. The van der Waals surface area contributed by atoms with Gasteiger partial charge in [-0.3, -0.25) is 9.69 Å². The summed E-state index contributed by atoms with van der Waals surface area (Å²) in [5, 5.41) is 0.710. The fourth-order valence-electron chi connectivity index (χ4n) is 3.74. The molecule has 0 radical (unpaired) electrons. The quantitative estimate of drug-likeness (QED) is 0.247. The number of anilines is 1. The third-order valence-electron chi connectivity index (χ3n) is 5.83. The zero-order chi connectivity index (χ0) is 23.2. The van der Waals surface area contributed by atoms with Crippen LogP contribution in [-0.4, -0.2) is 17.5 Å².